The number of oxime groups is 1. The van der Waals surface area contributed by atoms with Crippen molar-refractivity contribution in [2.24, 2.45) is 10.9 Å². The molecule has 2 N–H and O–H groups in total. The normalized spacial score (nSPS) is 18.3. The highest BCUT2D eigenvalue weighted by Gasteiger charge is 2.22. The van der Waals surface area contributed by atoms with Crippen molar-refractivity contribution >= 4 is 17.2 Å². The molecule has 0 saturated heterocycles. The monoisotopic (exact) mass is 302 g/mol. The Bertz CT molecular complexity index is 653. The first-order chi connectivity index (χ1) is 10.2. The van der Waals surface area contributed by atoms with E-state index in [1.807, 2.05) is 18.4 Å². The molecule has 1 aliphatic carbocycles. The van der Waals surface area contributed by atoms with Crippen LogP contribution < -0.4 is 5.73 Å². The molecule has 0 aromatic carbocycles. The number of nitrogens with two attached hydrogens (primary N) is 1. The summed E-state index contributed by atoms with van der Waals surface area (Å²) in [7, 11) is 0. The number of fused-ring (bicyclic) bond motifs is 1. The number of pyridine rings is 1. The highest BCUT2D eigenvalue weighted by Crippen LogP contribution is 2.30. The van der Waals surface area contributed by atoms with E-state index >= 15 is 0 Å². The first kappa shape index (κ1) is 14.0. The molecular weight excluding hydrogens is 284 g/mol. The van der Waals surface area contributed by atoms with Gasteiger partial charge in [0.1, 0.15) is 5.84 Å². The molecule has 110 valence electrons. The average molecular weight is 302 g/mol. The third-order valence-electron chi connectivity index (χ3n) is 3.47. The van der Waals surface area contributed by atoms with Crippen LogP contribution >= 0.6 is 11.3 Å². The zero-order valence-corrected chi connectivity index (χ0v) is 12.8. The molecule has 5 nitrogen and oxygen atoms in total. The summed E-state index contributed by atoms with van der Waals surface area (Å²) < 4.78 is 0. The summed E-state index contributed by atoms with van der Waals surface area (Å²) in [6.45, 7) is 1.97. The van der Waals surface area contributed by atoms with Gasteiger partial charge in [-0.1, -0.05) is 11.2 Å². The van der Waals surface area contributed by atoms with Crippen molar-refractivity contribution in [2.45, 2.75) is 38.7 Å². The Morgan fingerprint density at radius 1 is 1.57 bits per heavy atom. The lowest BCUT2D eigenvalue weighted by Crippen LogP contribution is -2.18. The minimum Gasteiger partial charge on any atom is -0.385 e. The number of nitrogens with zero attached hydrogens (tertiary/aromatic N) is 3. The third-order valence-corrected chi connectivity index (χ3v) is 4.29. The summed E-state index contributed by atoms with van der Waals surface area (Å²) >= 11 is 1.61. The fourth-order valence-electron chi connectivity index (χ4n) is 2.51. The van der Waals surface area contributed by atoms with Crippen molar-refractivity contribution < 1.29 is 4.84 Å². The lowest BCUT2D eigenvalue weighted by atomic mass is 9.94. The van der Waals surface area contributed by atoms with E-state index in [4.69, 9.17) is 10.6 Å². The molecule has 0 amide bonds. The Labute approximate surface area is 127 Å². The number of aryl methyl sites for hydroxylation is 2. The smallest absolute Gasteiger partial charge is 0.169 e. The van der Waals surface area contributed by atoms with Crippen molar-refractivity contribution in [3.63, 3.8) is 0 Å². The van der Waals surface area contributed by atoms with Crippen LogP contribution in [0.15, 0.2) is 28.9 Å². The van der Waals surface area contributed by atoms with E-state index in [0.717, 1.165) is 35.7 Å². The summed E-state index contributed by atoms with van der Waals surface area (Å²) in [6, 6.07) is 4.06. The van der Waals surface area contributed by atoms with Crippen LogP contribution in [-0.4, -0.2) is 15.8 Å². The van der Waals surface area contributed by atoms with E-state index in [2.05, 4.69) is 21.2 Å². The van der Waals surface area contributed by atoms with Crippen LogP contribution in [0.5, 0.6) is 0 Å². The number of aromatic nitrogens is 2. The van der Waals surface area contributed by atoms with Gasteiger partial charge in [0.05, 0.1) is 22.8 Å². The van der Waals surface area contributed by atoms with Crippen LogP contribution in [0.2, 0.25) is 0 Å². The molecular formula is C15H18N4OS. The van der Waals surface area contributed by atoms with Gasteiger partial charge < -0.3 is 10.6 Å². The largest absolute Gasteiger partial charge is 0.385 e. The van der Waals surface area contributed by atoms with Gasteiger partial charge in [0.2, 0.25) is 0 Å². The van der Waals surface area contributed by atoms with E-state index in [9.17, 15) is 0 Å². The van der Waals surface area contributed by atoms with Gasteiger partial charge in [0, 0.05) is 11.6 Å². The number of amidine groups is 1. The molecule has 6 heteroatoms. The molecule has 0 radical (unpaired) electrons. The third kappa shape index (κ3) is 3.39. The first-order valence-corrected chi connectivity index (χ1v) is 7.93. The number of hydrogen-bond acceptors (Lipinski definition) is 5. The first-order valence-electron chi connectivity index (χ1n) is 7.05. The average Bonchev–Trinajstić information content (AvgIpc) is 2.90. The second-order valence-electron chi connectivity index (χ2n) is 5.15. The molecule has 0 spiro atoms. The lowest BCUT2D eigenvalue weighted by molar-refractivity contribution is 0.0421. The molecule has 0 fully saturated rings. The van der Waals surface area contributed by atoms with Gasteiger partial charge in [-0.05, 0) is 37.8 Å². The van der Waals surface area contributed by atoms with Gasteiger partial charge >= 0.3 is 0 Å². The highest BCUT2D eigenvalue weighted by atomic mass is 32.1. The maximum atomic E-state index is 5.92. The number of hydrogen-bond donors (Lipinski definition) is 1. The minimum atomic E-state index is -0.0920. The van der Waals surface area contributed by atoms with Crippen LogP contribution in [-0.2, 0) is 17.7 Å². The summed E-state index contributed by atoms with van der Waals surface area (Å²) in [5.41, 5.74) is 9.09. The molecule has 21 heavy (non-hydrogen) atoms. The predicted molar refractivity (Wildman–Crippen MR) is 83.2 cm³/mol. The van der Waals surface area contributed by atoms with Crippen LogP contribution in [0.1, 0.15) is 40.9 Å². The molecule has 2 aromatic rings. The summed E-state index contributed by atoms with van der Waals surface area (Å²) in [5, 5.41) is 7.10. The molecule has 1 atom stereocenters. The second kappa shape index (κ2) is 6.22. The van der Waals surface area contributed by atoms with Crippen LogP contribution in [0.3, 0.4) is 0 Å². The van der Waals surface area contributed by atoms with Gasteiger partial charge in [-0.15, -0.1) is 11.3 Å². The Morgan fingerprint density at radius 3 is 3.29 bits per heavy atom. The van der Waals surface area contributed by atoms with Crippen molar-refractivity contribution in [3.05, 3.63) is 45.7 Å². The Hall–Kier alpha value is -1.95. The summed E-state index contributed by atoms with van der Waals surface area (Å²) in [6.07, 6.45) is 5.30. The van der Waals surface area contributed by atoms with E-state index < -0.39 is 0 Å². The second-order valence-corrected chi connectivity index (χ2v) is 6.21. The molecule has 0 saturated carbocycles. The van der Waals surface area contributed by atoms with Gasteiger partial charge in [-0.3, -0.25) is 4.98 Å². The minimum absolute atomic E-state index is 0.0920. The Kier molecular flexibility index (Phi) is 4.15. The van der Waals surface area contributed by atoms with E-state index in [-0.39, 0.29) is 6.10 Å². The zero-order chi connectivity index (χ0) is 14.7. The van der Waals surface area contributed by atoms with Gasteiger partial charge in [-0.2, -0.15) is 0 Å². The quantitative estimate of drug-likeness (QED) is 0.535. The molecule has 3 rings (SSSR count). The molecule has 1 aliphatic rings. The van der Waals surface area contributed by atoms with Crippen molar-refractivity contribution in [1.29, 1.82) is 0 Å². The van der Waals surface area contributed by atoms with E-state index in [0.29, 0.717) is 12.3 Å². The van der Waals surface area contributed by atoms with Crippen LogP contribution in [0.25, 0.3) is 0 Å². The molecule has 1 unspecified atom stereocenters. The zero-order valence-electron chi connectivity index (χ0n) is 12.0. The Morgan fingerprint density at radius 2 is 2.48 bits per heavy atom. The fourth-order valence-corrected chi connectivity index (χ4v) is 3.12. The predicted octanol–water partition coefficient (Wildman–Crippen LogP) is 2.76. The standard InChI is InChI=1S/C15H18N4OS/c1-10-18-12(9-21-10)8-14(16)19-20-13-6-2-4-11-5-3-7-17-15(11)13/h3,5,7,9,13H,2,4,6,8H2,1H3,(H2,16,19). The van der Waals surface area contributed by atoms with Crippen molar-refractivity contribution in [2.75, 3.05) is 0 Å². The maximum Gasteiger partial charge on any atom is 0.169 e. The van der Waals surface area contributed by atoms with E-state index in [1.54, 1.807) is 17.5 Å². The number of thiazole rings is 1. The highest BCUT2D eigenvalue weighted by molar-refractivity contribution is 7.09. The molecule has 0 aliphatic heterocycles. The van der Waals surface area contributed by atoms with E-state index in [1.165, 1.54) is 5.56 Å². The topological polar surface area (TPSA) is 73.4 Å². The van der Waals surface area contributed by atoms with Crippen molar-refractivity contribution in [1.82, 2.24) is 9.97 Å². The lowest BCUT2D eigenvalue weighted by Gasteiger charge is -2.22. The SMILES string of the molecule is Cc1nc(C/C(N)=N/OC2CCCc3cccnc32)cs1. The number of rotatable bonds is 4. The summed E-state index contributed by atoms with van der Waals surface area (Å²) in [5.74, 6) is 0.448. The van der Waals surface area contributed by atoms with Crippen molar-refractivity contribution in [3.8, 4) is 0 Å². The van der Waals surface area contributed by atoms with Gasteiger partial charge in [0.15, 0.2) is 6.10 Å². The van der Waals surface area contributed by atoms with Crippen LogP contribution in [0, 0.1) is 6.92 Å². The fraction of sp³-hybridized carbons (Fsp3) is 0.400. The Balaban J connectivity index is 1.66. The molecule has 2 heterocycles. The van der Waals surface area contributed by atoms with Gasteiger partial charge in [-0.25, -0.2) is 4.98 Å². The molecule has 2 aromatic heterocycles. The summed E-state index contributed by atoms with van der Waals surface area (Å²) in [4.78, 5) is 14.4. The molecule has 0 bridgehead atoms. The van der Waals surface area contributed by atoms with Crippen LogP contribution in [0.4, 0.5) is 0 Å². The maximum absolute atomic E-state index is 5.92. The van der Waals surface area contributed by atoms with Gasteiger partial charge in [0.25, 0.3) is 0 Å².